The van der Waals surface area contributed by atoms with Crippen molar-refractivity contribution < 1.29 is 4.79 Å². The molecule has 0 aromatic rings. The van der Waals surface area contributed by atoms with Crippen LogP contribution < -0.4 is 0 Å². The van der Waals surface area contributed by atoms with Crippen molar-refractivity contribution >= 4 is 5.78 Å². The van der Waals surface area contributed by atoms with Gasteiger partial charge in [0.2, 0.25) is 0 Å². The summed E-state index contributed by atoms with van der Waals surface area (Å²) in [6.07, 6.45) is 4.62. The highest BCUT2D eigenvalue weighted by Crippen LogP contribution is 2.32. The molecule has 2 rings (SSSR count). The molecule has 2 unspecified atom stereocenters. The fourth-order valence-corrected chi connectivity index (χ4v) is 2.89. The number of carbonyl (C=O) groups excluding carboxylic acids is 1. The first-order valence-electron chi connectivity index (χ1n) is 5.86. The minimum atomic E-state index is 0.208. The second-order valence-electron chi connectivity index (χ2n) is 4.85. The summed E-state index contributed by atoms with van der Waals surface area (Å²) < 4.78 is 0. The van der Waals surface area contributed by atoms with Gasteiger partial charge in [0.25, 0.3) is 0 Å². The summed E-state index contributed by atoms with van der Waals surface area (Å²) in [5, 5.41) is 8.73. The Morgan fingerprint density at radius 3 is 2.60 bits per heavy atom. The first-order chi connectivity index (χ1) is 7.22. The van der Waals surface area contributed by atoms with Gasteiger partial charge in [-0.2, -0.15) is 5.26 Å². The molecule has 2 aliphatic rings. The first-order valence-corrected chi connectivity index (χ1v) is 5.86. The molecule has 1 saturated carbocycles. The Kier molecular flexibility index (Phi) is 3.06. The maximum atomic E-state index is 11.5. The van der Waals surface area contributed by atoms with Crippen LogP contribution in [0.5, 0.6) is 0 Å². The molecule has 0 aromatic heterocycles. The number of hydrogen-bond acceptors (Lipinski definition) is 3. The number of rotatable bonds is 2. The van der Waals surface area contributed by atoms with Crippen molar-refractivity contribution in [2.45, 2.75) is 38.6 Å². The summed E-state index contributed by atoms with van der Waals surface area (Å²) in [6, 6.07) is 2.72. The number of likely N-dealkylation sites (tertiary alicyclic amines) is 1. The predicted octanol–water partition coefficient (Wildman–Crippen LogP) is 1.59. The highest BCUT2D eigenvalue weighted by Gasteiger charge is 2.38. The summed E-state index contributed by atoms with van der Waals surface area (Å²) in [5.74, 6) is 0.776. The second-order valence-corrected chi connectivity index (χ2v) is 4.85. The molecular weight excluding hydrogens is 188 g/mol. The van der Waals surface area contributed by atoms with Crippen LogP contribution in [0.15, 0.2) is 0 Å². The molecule has 0 aromatic carbocycles. The van der Waals surface area contributed by atoms with Gasteiger partial charge in [0.05, 0.1) is 12.0 Å². The van der Waals surface area contributed by atoms with Crippen LogP contribution >= 0.6 is 0 Å². The maximum absolute atomic E-state index is 11.5. The van der Waals surface area contributed by atoms with E-state index in [1.807, 2.05) is 0 Å². The average Bonchev–Trinajstić information content (AvgIpc) is 2.16. The highest BCUT2D eigenvalue weighted by atomic mass is 16.1. The Labute approximate surface area is 91.1 Å². The van der Waals surface area contributed by atoms with Crippen LogP contribution in [0.3, 0.4) is 0 Å². The molecule has 1 saturated heterocycles. The van der Waals surface area contributed by atoms with Crippen molar-refractivity contribution in [3.63, 3.8) is 0 Å². The van der Waals surface area contributed by atoms with Gasteiger partial charge in [-0.05, 0) is 19.8 Å². The summed E-state index contributed by atoms with van der Waals surface area (Å²) in [6.45, 7) is 3.47. The Balaban J connectivity index is 1.95. The molecule has 0 spiro atoms. The normalized spacial score (nSPS) is 33.1. The van der Waals surface area contributed by atoms with Gasteiger partial charge in [0, 0.05) is 25.0 Å². The predicted molar refractivity (Wildman–Crippen MR) is 57.1 cm³/mol. The molecule has 82 valence electrons. The minimum absolute atomic E-state index is 0.208. The number of nitrogens with zero attached hydrogens (tertiary/aromatic N) is 2. The topological polar surface area (TPSA) is 44.1 Å². The van der Waals surface area contributed by atoms with Crippen molar-refractivity contribution in [3.05, 3.63) is 0 Å². The molecule has 0 amide bonds. The molecule has 0 radical (unpaired) electrons. The van der Waals surface area contributed by atoms with E-state index in [-0.39, 0.29) is 11.8 Å². The molecule has 1 aliphatic heterocycles. The standard InChI is InChI=1S/C12H18N2O/c1-9(15)11-4-2-3-5-12(11)14-7-10(6-13)8-14/h10-12H,2-5,7-8H2,1H3. The Morgan fingerprint density at radius 1 is 1.33 bits per heavy atom. The Bertz CT molecular complexity index is 288. The van der Waals surface area contributed by atoms with Crippen molar-refractivity contribution in [1.29, 1.82) is 5.26 Å². The molecule has 15 heavy (non-hydrogen) atoms. The van der Waals surface area contributed by atoms with E-state index in [0.717, 1.165) is 25.9 Å². The number of carbonyl (C=O) groups is 1. The largest absolute Gasteiger partial charge is 0.300 e. The molecule has 0 bridgehead atoms. The minimum Gasteiger partial charge on any atom is -0.300 e. The third kappa shape index (κ3) is 2.05. The lowest BCUT2D eigenvalue weighted by Gasteiger charge is -2.46. The Morgan fingerprint density at radius 2 is 2.00 bits per heavy atom. The fraction of sp³-hybridized carbons (Fsp3) is 0.833. The van der Waals surface area contributed by atoms with Crippen LogP contribution in [-0.2, 0) is 4.79 Å². The lowest BCUT2D eigenvalue weighted by Crippen LogP contribution is -2.55. The summed E-state index contributed by atoms with van der Waals surface area (Å²) in [5.41, 5.74) is 0. The fourth-order valence-electron chi connectivity index (χ4n) is 2.89. The lowest BCUT2D eigenvalue weighted by molar-refractivity contribution is -0.125. The van der Waals surface area contributed by atoms with Crippen LogP contribution in [0.4, 0.5) is 0 Å². The second kappa shape index (κ2) is 4.32. The summed E-state index contributed by atoms with van der Waals surface area (Å²) >= 11 is 0. The van der Waals surface area contributed by atoms with Crippen molar-refractivity contribution in [2.75, 3.05) is 13.1 Å². The molecular formula is C12H18N2O. The molecule has 0 N–H and O–H groups in total. The van der Waals surface area contributed by atoms with Crippen LogP contribution in [0.2, 0.25) is 0 Å². The first kappa shape index (κ1) is 10.6. The van der Waals surface area contributed by atoms with Gasteiger partial charge < -0.3 is 0 Å². The maximum Gasteiger partial charge on any atom is 0.134 e. The third-order valence-corrected chi connectivity index (χ3v) is 3.81. The van der Waals surface area contributed by atoms with Gasteiger partial charge in [-0.25, -0.2) is 0 Å². The van der Waals surface area contributed by atoms with Gasteiger partial charge in [-0.3, -0.25) is 9.69 Å². The van der Waals surface area contributed by atoms with Gasteiger partial charge in [0.1, 0.15) is 5.78 Å². The van der Waals surface area contributed by atoms with Crippen LogP contribution in [0.25, 0.3) is 0 Å². The zero-order valence-corrected chi connectivity index (χ0v) is 9.28. The van der Waals surface area contributed by atoms with Crippen molar-refractivity contribution in [3.8, 4) is 6.07 Å². The zero-order chi connectivity index (χ0) is 10.8. The molecule has 3 heteroatoms. The third-order valence-electron chi connectivity index (χ3n) is 3.81. The molecule has 1 heterocycles. The number of nitriles is 1. The summed E-state index contributed by atoms with van der Waals surface area (Å²) in [7, 11) is 0. The molecule has 3 nitrogen and oxygen atoms in total. The van der Waals surface area contributed by atoms with Crippen LogP contribution in [0, 0.1) is 23.2 Å². The molecule has 2 atom stereocenters. The zero-order valence-electron chi connectivity index (χ0n) is 9.28. The average molecular weight is 206 g/mol. The van der Waals surface area contributed by atoms with Crippen LogP contribution in [0.1, 0.15) is 32.6 Å². The van der Waals surface area contributed by atoms with E-state index in [4.69, 9.17) is 5.26 Å². The molecule has 1 aliphatic carbocycles. The Hall–Kier alpha value is -0.880. The van der Waals surface area contributed by atoms with Crippen molar-refractivity contribution in [1.82, 2.24) is 4.90 Å². The van der Waals surface area contributed by atoms with Crippen molar-refractivity contribution in [2.24, 2.45) is 11.8 Å². The van der Waals surface area contributed by atoms with Crippen LogP contribution in [-0.4, -0.2) is 29.8 Å². The van der Waals surface area contributed by atoms with E-state index in [1.54, 1.807) is 6.92 Å². The van der Waals surface area contributed by atoms with E-state index in [1.165, 1.54) is 12.8 Å². The number of hydrogen-bond donors (Lipinski definition) is 0. The SMILES string of the molecule is CC(=O)C1CCCCC1N1CC(C#N)C1. The van der Waals surface area contributed by atoms with E-state index < -0.39 is 0 Å². The van der Waals surface area contributed by atoms with E-state index in [9.17, 15) is 4.79 Å². The number of ketones is 1. The van der Waals surface area contributed by atoms with E-state index >= 15 is 0 Å². The monoisotopic (exact) mass is 206 g/mol. The van der Waals surface area contributed by atoms with E-state index in [0.29, 0.717) is 11.8 Å². The van der Waals surface area contributed by atoms with Gasteiger partial charge in [-0.1, -0.05) is 12.8 Å². The van der Waals surface area contributed by atoms with Gasteiger partial charge in [-0.15, -0.1) is 0 Å². The smallest absolute Gasteiger partial charge is 0.134 e. The summed E-state index contributed by atoms with van der Waals surface area (Å²) in [4.78, 5) is 13.8. The van der Waals surface area contributed by atoms with E-state index in [2.05, 4.69) is 11.0 Å². The van der Waals surface area contributed by atoms with Gasteiger partial charge in [0.15, 0.2) is 0 Å². The van der Waals surface area contributed by atoms with Gasteiger partial charge >= 0.3 is 0 Å². The highest BCUT2D eigenvalue weighted by molar-refractivity contribution is 5.79. The lowest BCUT2D eigenvalue weighted by atomic mass is 9.79. The number of Topliss-reactive ketones (excluding diaryl/α,β-unsaturated/α-hetero) is 1. The molecule has 2 fully saturated rings. The quantitative estimate of drug-likeness (QED) is 0.689.